The molecule has 0 saturated heterocycles. The van der Waals surface area contributed by atoms with Crippen LogP contribution >= 0.6 is 11.8 Å². The third-order valence-electron chi connectivity index (χ3n) is 5.66. The Kier molecular flexibility index (Phi) is 5.67. The van der Waals surface area contributed by atoms with Crippen LogP contribution in [0, 0.1) is 20.8 Å². The third kappa shape index (κ3) is 3.97. The number of hydrogen-bond donors (Lipinski definition) is 1. The Morgan fingerprint density at radius 3 is 2.44 bits per heavy atom. The molecule has 0 atom stereocenters. The number of benzene rings is 3. The number of thioether (sulfide) groups is 1. The summed E-state index contributed by atoms with van der Waals surface area (Å²) >= 11 is 1.28. The molecule has 0 aliphatic carbocycles. The van der Waals surface area contributed by atoms with E-state index in [0.717, 1.165) is 28.1 Å². The number of fused-ring (bicyclic) bond motifs is 3. The van der Waals surface area contributed by atoms with Crippen molar-refractivity contribution in [3.8, 4) is 5.69 Å². The van der Waals surface area contributed by atoms with Crippen molar-refractivity contribution in [1.82, 2.24) is 19.2 Å². The number of para-hydroxylation sites is 1. The second kappa shape index (κ2) is 8.79. The highest BCUT2D eigenvalue weighted by molar-refractivity contribution is 7.99. The molecule has 0 saturated carbocycles. The Hall–Kier alpha value is -3.91. The van der Waals surface area contributed by atoms with Gasteiger partial charge in [-0.2, -0.15) is 0 Å². The second-order valence-corrected chi connectivity index (χ2v) is 9.21. The van der Waals surface area contributed by atoms with E-state index >= 15 is 0 Å². The number of amides is 1. The van der Waals surface area contributed by atoms with Crippen molar-refractivity contribution in [2.45, 2.75) is 25.9 Å². The SMILES string of the molecule is Cc1ccc(NC(=O)CSc2nnc3n(-c4ccc(C)cc4C)c(=O)c4ccccc4n23)cc1. The van der Waals surface area contributed by atoms with Gasteiger partial charge in [0.25, 0.3) is 5.56 Å². The maximum atomic E-state index is 13.5. The van der Waals surface area contributed by atoms with E-state index in [-0.39, 0.29) is 17.2 Å². The Balaban J connectivity index is 1.56. The topological polar surface area (TPSA) is 81.3 Å². The Morgan fingerprint density at radius 1 is 0.941 bits per heavy atom. The molecule has 2 aromatic heterocycles. The quantitative estimate of drug-likeness (QED) is 0.378. The molecule has 5 rings (SSSR count). The molecule has 170 valence electrons. The second-order valence-electron chi connectivity index (χ2n) is 8.27. The van der Waals surface area contributed by atoms with Crippen LogP contribution in [0.25, 0.3) is 22.4 Å². The maximum absolute atomic E-state index is 13.5. The summed E-state index contributed by atoms with van der Waals surface area (Å²) < 4.78 is 3.44. The Bertz CT molecular complexity index is 1600. The summed E-state index contributed by atoms with van der Waals surface area (Å²) in [6.45, 7) is 5.99. The van der Waals surface area contributed by atoms with Gasteiger partial charge in [0, 0.05) is 5.69 Å². The first-order chi connectivity index (χ1) is 16.4. The van der Waals surface area contributed by atoms with E-state index < -0.39 is 0 Å². The highest BCUT2D eigenvalue weighted by Gasteiger charge is 2.19. The minimum absolute atomic E-state index is 0.141. The van der Waals surface area contributed by atoms with Gasteiger partial charge < -0.3 is 5.32 Å². The van der Waals surface area contributed by atoms with Crippen LogP contribution in [0.15, 0.2) is 76.7 Å². The Morgan fingerprint density at radius 2 is 1.68 bits per heavy atom. The number of rotatable bonds is 5. The summed E-state index contributed by atoms with van der Waals surface area (Å²) in [5, 5.41) is 12.7. The molecule has 3 aromatic carbocycles. The zero-order valence-electron chi connectivity index (χ0n) is 19.1. The van der Waals surface area contributed by atoms with Gasteiger partial charge in [-0.3, -0.25) is 14.0 Å². The number of carbonyl (C=O) groups excluding carboxylic acids is 1. The van der Waals surface area contributed by atoms with Crippen LogP contribution in [0.1, 0.15) is 16.7 Å². The van der Waals surface area contributed by atoms with Gasteiger partial charge >= 0.3 is 0 Å². The van der Waals surface area contributed by atoms with Gasteiger partial charge in [0.15, 0.2) is 5.16 Å². The first-order valence-electron chi connectivity index (χ1n) is 10.9. The van der Waals surface area contributed by atoms with Crippen molar-refractivity contribution >= 4 is 40.0 Å². The summed E-state index contributed by atoms with van der Waals surface area (Å²) in [7, 11) is 0. The lowest BCUT2D eigenvalue weighted by molar-refractivity contribution is -0.113. The van der Waals surface area contributed by atoms with Crippen molar-refractivity contribution in [1.29, 1.82) is 0 Å². The highest BCUT2D eigenvalue weighted by atomic mass is 32.2. The van der Waals surface area contributed by atoms with Gasteiger partial charge in [-0.25, -0.2) is 4.57 Å². The summed E-state index contributed by atoms with van der Waals surface area (Å²) in [6.07, 6.45) is 0. The molecule has 1 amide bonds. The number of nitrogens with zero attached hydrogens (tertiary/aromatic N) is 4. The van der Waals surface area contributed by atoms with Gasteiger partial charge in [0.05, 0.1) is 22.3 Å². The normalized spacial score (nSPS) is 11.3. The highest BCUT2D eigenvalue weighted by Crippen LogP contribution is 2.24. The fraction of sp³-hybridized carbons (Fsp3) is 0.154. The summed E-state index contributed by atoms with van der Waals surface area (Å²) in [5.41, 5.74) is 5.26. The summed E-state index contributed by atoms with van der Waals surface area (Å²) in [4.78, 5) is 26.1. The van der Waals surface area contributed by atoms with Gasteiger partial charge in [0.2, 0.25) is 11.7 Å². The minimum atomic E-state index is -0.156. The fourth-order valence-corrected chi connectivity index (χ4v) is 4.75. The maximum Gasteiger partial charge on any atom is 0.267 e. The largest absolute Gasteiger partial charge is 0.325 e. The van der Waals surface area contributed by atoms with Crippen molar-refractivity contribution < 1.29 is 4.79 Å². The van der Waals surface area contributed by atoms with Crippen molar-refractivity contribution in [2.24, 2.45) is 0 Å². The number of carbonyl (C=O) groups is 1. The van der Waals surface area contributed by atoms with E-state index in [4.69, 9.17) is 0 Å². The molecule has 0 unspecified atom stereocenters. The van der Waals surface area contributed by atoms with Crippen LogP contribution in [-0.2, 0) is 4.79 Å². The predicted octanol–water partition coefficient (Wildman–Crippen LogP) is 4.69. The van der Waals surface area contributed by atoms with Gasteiger partial charge in [-0.1, -0.05) is 59.3 Å². The number of anilines is 1. The zero-order valence-corrected chi connectivity index (χ0v) is 19.9. The lowest BCUT2D eigenvalue weighted by atomic mass is 10.1. The first-order valence-corrected chi connectivity index (χ1v) is 11.9. The van der Waals surface area contributed by atoms with E-state index in [0.29, 0.717) is 21.8 Å². The molecule has 2 heterocycles. The number of aryl methyl sites for hydroxylation is 3. The minimum Gasteiger partial charge on any atom is -0.325 e. The molecule has 34 heavy (non-hydrogen) atoms. The third-order valence-corrected chi connectivity index (χ3v) is 6.58. The van der Waals surface area contributed by atoms with Crippen LogP contribution in [0.4, 0.5) is 5.69 Å². The molecule has 7 nitrogen and oxygen atoms in total. The van der Waals surface area contributed by atoms with E-state index in [1.807, 2.05) is 85.8 Å². The molecule has 1 N–H and O–H groups in total. The van der Waals surface area contributed by atoms with Crippen LogP contribution < -0.4 is 10.9 Å². The lowest BCUT2D eigenvalue weighted by Crippen LogP contribution is -2.22. The van der Waals surface area contributed by atoms with E-state index in [1.165, 1.54) is 11.8 Å². The first kappa shape index (κ1) is 21.9. The molecule has 0 bridgehead atoms. The number of hydrogen-bond acceptors (Lipinski definition) is 5. The van der Waals surface area contributed by atoms with E-state index in [9.17, 15) is 9.59 Å². The van der Waals surface area contributed by atoms with Gasteiger partial charge in [-0.15, -0.1) is 10.2 Å². The van der Waals surface area contributed by atoms with Crippen LogP contribution in [0.2, 0.25) is 0 Å². The molecule has 5 aromatic rings. The molecule has 0 fully saturated rings. The summed E-state index contributed by atoms with van der Waals surface area (Å²) in [6, 6.07) is 21.0. The monoisotopic (exact) mass is 469 g/mol. The molecule has 0 radical (unpaired) electrons. The Labute approximate surface area is 200 Å². The molecule has 8 heteroatoms. The fourth-order valence-electron chi connectivity index (χ4n) is 4.01. The number of nitrogens with one attached hydrogen (secondary N) is 1. The van der Waals surface area contributed by atoms with Crippen LogP contribution in [0.3, 0.4) is 0 Å². The smallest absolute Gasteiger partial charge is 0.267 e. The zero-order chi connectivity index (χ0) is 23.8. The molecule has 0 aliphatic heterocycles. The standard InChI is InChI=1S/C26H23N5O2S/c1-16-8-11-19(12-9-16)27-23(32)15-34-26-29-28-25-30(21-13-10-17(2)14-18(21)3)24(33)20-6-4-5-7-22(20)31(25)26/h4-14H,15H2,1-3H3,(H,27,32). The van der Waals surface area contributed by atoms with Gasteiger partial charge in [-0.05, 0) is 56.7 Å². The average Bonchev–Trinajstić information content (AvgIpc) is 3.24. The molecular weight excluding hydrogens is 446 g/mol. The molecular formula is C26H23N5O2S. The lowest BCUT2D eigenvalue weighted by Gasteiger charge is -2.13. The summed E-state index contributed by atoms with van der Waals surface area (Å²) in [5.74, 6) is 0.431. The predicted molar refractivity (Wildman–Crippen MR) is 136 cm³/mol. The van der Waals surface area contributed by atoms with Crippen molar-refractivity contribution in [2.75, 3.05) is 11.1 Å². The van der Waals surface area contributed by atoms with Crippen molar-refractivity contribution in [3.63, 3.8) is 0 Å². The van der Waals surface area contributed by atoms with Gasteiger partial charge in [0.1, 0.15) is 0 Å². The van der Waals surface area contributed by atoms with E-state index in [2.05, 4.69) is 15.5 Å². The molecule has 0 spiro atoms. The van der Waals surface area contributed by atoms with Crippen LogP contribution in [0.5, 0.6) is 0 Å². The molecule has 0 aliphatic rings. The number of aromatic nitrogens is 4. The van der Waals surface area contributed by atoms with Crippen molar-refractivity contribution in [3.05, 3.63) is 93.8 Å². The van der Waals surface area contributed by atoms with Crippen LogP contribution in [-0.4, -0.2) is 30.8 Å². The average molecular weight is 470 g/mol. The van der Waals surface area contributed by atoms with E-state index in [1.54, 1.807) is 10.6 Å².